The first-order valence-corrected chi connectivity index (χ1v) is 14.4. The molecule has 0 spiro atoms. The van der Waals surface area contributed by atoms with E-state index in [0.717, 1.165) is 9.87 Å². The summed E-state index contributed by atoms with van der Waals surface area (Å²) in [6, 6.07) is 24.5. The largest absolute Gasteiger partial charge is 0.425 e. The van der Waals surface area contributed by atoms with Crippen LogP contribution in [0.4, 0.5) is 5.69 Å². The molecule has 4 aromatic rings. The van der Waals surface area contributed by atoms with Gasteiger partial charge < -0.3 is 4.74 Å². The van der Waals surface area contributed by atoms with Crippen molar-refractivity contribution >= 4 is 33.1 Å². The number of carbonyl (C=O) groups is 1. The first kappa shape index (κ1) is 26.0. The average Bonchev–Trinajstić information content (AvgIpc) is 3.31. The molecule has 0 radical (unpaired) electrons. The Bertz CT molecular complexity index is 1760. The molecule has 0 unspecified atom stereocenters. The number of anilines is 1. The van der Waals surface area contributed by atoms with Gasteiger partial charge >= 0.3 is 5.72 Å². The number of rotatable bonds is 6. The van der Waals surface area contributed by atoms with Crippen LogP contribution >= 0.6 is 11.6 Å². The second kappa shape index (κ2) is 9.46. The first-order chi connectivity index (χ1) is 19.2. The predicted octanol–water partition coefficient (Wildman–Crippen LogP) is 6.32. The molecule has 0 saturated heterocycles. The van der Waals surface area contributed by atoms with E-state index in [1.165, 1.54) is 18.2 Å². The van der Waals surface area contributed by atoms with Crippen molar-refractivity contribution in [3.8, 4) is 5.75 Å². The Morgan fingerprint density at radius 1 is 0.975 bits per heavy atom. The molecule has 2 heterocycles. The van der Waals surface area contributed by atoms with Crippen LogP contribution in [0.1, 0.15) is 45.4 Å². The van der Waals surface area contributed by atoms with Gasteiger partial charge in [0.1, 0.15) is 11.7 Å². The van der Waals surface area contributed by atoms with Crippen molar-refractivity contribution in [2.75, 3.05) is 4.31 Å². The molecule has 10 heteroatoms. The van der Waals surface area contributed by atoms with Gasteiger partial charge in [0.15, 0.2) is 11.8 Å². The maximum Gasteiger partial charge on any atom is 0.396 e. The van der Waals surface area contributed by atoms with Crippen LogP contribution in [0.2, 0.25) is 5.02 Å². The van der Waals surface area contributed by atoms with Crippen LogP contribution in [0.5, 0.6) is 5.75 Å². The number of nitro groups is 1. The Balaban J connectivity index is 1.64. The molecule has 2 aliphatic heterocycles. The van der Waals surface area contributed by atoms with Gasteiger partial charge in [-0.15, -0.1) is 0 Å². The Morgan fingerprint density at radius 3 is 2.35 bits per heavy atom. The highest BCUT2D eigenvalue weighted by atomic mass is 35.5. The van der Waals surface area contributed by atoms with Crippen LogP contribution < -0.4 is 9.04 Å². The van der Waals surface area contributed by atoms with Crippen molar-refractivity contribution < 1.29 is 22.9 Å². The zero-order valence-corrected chi connectivity index (χ0v) is 22.8. The van der Waals surface area contributed by atoms with E-state index in [1.54, 1.807) is 78.9 Å². The number of ether oxygens (including phenoxy) is 1. The quantitative estimate of drug-likeness (QED) is 0.151. The fourth-order valence-electron chi connectivity index (χ4n) is 5.74. The lowest BCUT2D eigenvalue weighted by Gasteiger charge is -2.44. The number of benzene rings is 4. The molecular formula is C30H23ClN2O6S. The second-order valence-electron chi connectivity index (χ2n) is 9.88. The van der Waals surface area contributed by atoms with Crippen molar-refractivity contribution in [1.29, 1.82) is 0 Å². The second-order valence-corrected chi connectivity index (χ2v) is 12.1. The monoisotopic (exact) mass is 574 g/mol. The van der Waals surface area contributed by atoms with Crippen LogP contribution in [0.15, 0.2) is 102 Å². The van der Waals surface area contributed by atoms with Gasteiger partial charge in [0.25, 0.3) is 10.0 Å². The molecule has 202 valence electrons. The number of carbonyl (C=O) groups excluding carboxylic acids is 1. The SMILES string of the molecule is Cc1ccc(S(=O)(=O)N2c3ccccc3[C@H](CC(=O)c3ccccc3)[C@]3([N+](=O)[O-])Oc4cccc(Cl)c4[C@H]23)cc1. The zero-order valence-electron chi connectivity index (χ0n) is 21.2. The van der Waals surface area contributed by atoms with Crippen LogP contribution in [0, 0.1) is 17.0 Å². The van der Waals surface area contributed by atoms with Crippen molar-refractivity contribution in [1.82, 2.24) is 0 Å². The summed E-state index contributed by atoms with van der Waals surface area (Å²) in [7, 11) is -4.38. The molecule has 0 saturated carbocycles. The van der Waals surface area contributed by atoms with Gasteiger partial charge in [0.2, 0.25) is 0 Å². The maximum atomic E-state index is 14.4. The lowest BCUT2D eigenvalue weighted by molar-refractivity contribution is -0.623. The van der Waals surface area contributed by atoms with Gasteiger partial charge in [-0.1, -0.05) is 83.9 Å². The first-order valence-electron chi connectivity index (χ1n) is 12.6. The smallest absolute Gasteiger partial charge is 0.396 e. The summed E-state index contributed by atoms with van der Waals surface area (Å²) in [5.74, 6) is -1.37. The number of hydrogen-bond donors (Lipinski definition) is 0. The van der Waals surface area contributed by atoms with Gasteiger partial charge in [-0.05, 0) is 42.8 Å². The summed E-state index contributed by atoms with van der Waals surface area (Å²) >= 11 is 6.62. The van der Waals surface area contributed by atoms with E-state index in [2.05, 4.69) is 0 Å². The van der Waals surface area contributed by atoms with E-state index in [1.807, 2.05) is 6.92 Å². The fourth-order valence-corrected chi connectivity index (χ4v) is 7.68. The minimum Gasteiger partial charge on any atom is -0.425 e. The number of hydrogen-bond acceptors (Lipinski definition) is 6. The summed E-state index contributed by atoms with van der Waals surface area (Å²) < 4.78 is 36.0. The molecule has 0 bridgehead atoms. The topological polar surface area (TPSA) is 107 Å². The molecule has 6 rings (SSSR count). The van der Waals surface area contributed by atoms with Crippen molar-refractivity contribution in [3.05, 3.63) is 134 Å². The van der Waals surface area contributed by atoms with E-state index < -0.39 is 32.6 Å². The van der Waals surface area contributed by atoms with E-state index in [4.69, 9.17) is 16.3 Å². The number of aryl methyl sites for hydroxylation is 1. The Labute approximate surface area is 236 Å². The van der Waals surface area contributed by atoms with Crippen molar-refractivity contribution in [2.24, 2.45) is 0 Å². The molecule has 8 nitrogen and oxygen atoms in total. The van der Waals surface area contributed by atoms with E-state index in [9.17, 15) is 23.3 Å². The van der Waals surface area contributed by atoms with E-state index >= 15 is 0 Å². The molecule has 0 amide bonds. The third kappa shape index (κ3) is 3.80. The number of Topliss-reactive ketones (excluding diaryl/α,β-unsaturated/α-hetero) is 1. The number of para-hydroxylation sites is 1. The van der Waals surface area contributed by atoms with Gasteiger partial charge in [-0.3, -0.25) is 14.9 Å². The summed E-state index contributed by atoms with van der Waals surface area (Å²) in [5, 5.41) is 13.4. The molecule has 0 aromatic heterocycles. The number of halogens is 1. The Kier molecular flexibility index (Phi) is 6.16. The van der Waals surface area contributed by atoms with Crippen LogP contribution in [-0.2, 0) is 10.0 Å². The van der Waals surface area contributed by atoms with Gasteiger partial charge in [-0.2, -0.15) is 0 Å². The molecule has 0 fully saturated rings. The van der Waals surface area contributed by atoms with Crippen LogP contribution in [0.3, 0.4) is 0 Å². The minimum atomic E-state index is -4.38. The highest BCUT2D eigenvalue weighted by molar-refractivity contribution is 7.92. The molecular weight excluding hydrogens is 552 g/mol. The summed E-state index contributed by atoms with van der Waals surface area (Å²) in [4.78, 5) is 26.1. The van der Waals surface area contributed by atoms with Crippen LogP contribution in [-0.4, -0.2) is 24.8 Å². The highest BCUT2D eigenvalue weighted by Gasteiger charge is 2.72. The normalized spacial score (nSPS) is 21.1. The summed E-state index contributed by atoms with van der Waals surface area (Å²) in [6.45, 7) is 1.83. The maximum absolute atomic E-state index is 14.4. The standard InChI is InChI=1S/C30H23ClN2O6S/c1-19-14-16-21(17-15-19)40(37,38)32-25-12-6-5-10-22(25)23(18-26(34)20-8-3-2-4-9-20)30(33(35)36)29(32)28-24(31)11-7-13-27(28)39-30/h2-17,23,29H,18H2,1H3/t23-,29-,30-/m0/s1. The van der Waals surface area contributed by atoms with Gasteiger partial charge in [0.05, 0.1) is 20.5 Å². The third-order valence-corrected chi connectivity index (χ3v) is 9.71. The minimum absolute atomic E-state index is 0.0375. The molecule has 0 N–H and O–H groups in total. The molecule has 2 aliphatic rings. The average molecular weight is 575 g/mol. The third-order valence-electron chi connectivity index (χ3n) is 7.58. The number of sulfonamides is 1. The lowest BCUT2D eigenvalue weighted by atomic mass is 9.75. The molecule has 40 heavy (non-hydrogen) atoms. The zero-order chi connectivity index (χ0) is 28.2. The van der Waals surface area contributed by atoms with Crippen LogP contribution in [0.25, 0.3) is 0 Å². The summed E-state index contributed by atoms with van der Waals surface area (Å²) in [5.41, 5.74) is -0.396. The Morgan fingerprint density at radius 2 is 1.65 bits per heavy atom. The number of fused-ring (bicyclic) bond motifs is 4. The summed E-state index contributed by atoms with van der Waals surface area (Å²) in [6.07, 6.45) is -0.289. The van der Waals surface area contributed by atoms with E-state index in [0.29, 0.717) is 11.1 Å². The number of nitrogens with zero attached hydrogens (tertiary/aromatic N) is 2. The van der Waals surface area contributed by atoms with Crippen molar-refractivity contribution in [2.45, 2.75) is 35.9 Å². The lowest BCUT2D eigenvalue weighted by Crippen LogP contribution is -2.60. The Hall–Kier alpha value is -4.21. The van der Waals surface area contributed by atoms with Crippen molar-refractivity contribution in [3.63, 3.8) is 0 Å². The molecule has 0 aliphatic carbocycles. The molecule has 4 aromatic carbocycles. The predicted molar refractivity (Wildman–Crippen MR) is 150 cm³/mol. The fraction of sp³-hybridized carbons (Fsp3) is 0.167. The van der Waals surface area contributed by atoms with Gasteiger partial charge in [0, 0.05) is 17.5 Å². The highest BCUT2D eigenvalue weighted by Crippen LogP contribution is 2.62. The number of ketones is 1. The van der Waals surface area contributed by atoms with E-state index in [-0.39, 0.29) is 39.1 Å². The van der Waals surface area contributed by atoms with Gasteiger partial charge in [-0.25, -0.2) is 12.7 Å². The molecule has 3 atom stereocenters.